The summed E-state index contributed by atoms with van der Waals surface area (Å²) >= 11 is 0. The maximum absolute atomic E-state index is 4.90. The molecule has 1 nitrogen and oxygen atoms in total. The summed E-state index contributed by atoms with van der Waals surface area (Å²) in [4.78, 5) is 4.90. The van der Waals surface area contributed by atoms with E-state index in [2.05, 4.69) is 39.1 Å². The summed E-state index contributed by atoms with van der Waals surface area (Å²) in [5, 5.41) is 0. The first-order chi connectivity index (χ1) is 13.7. The molecule has 0 aromatic carbocycles. The summed E-state index contributed by atoms with van der Waals surface area (Å²) in [6, 6.07) is 4.72. The van der Waals surface area contributed by atoms with Crippen molar-refractivity contribution in [3.63, 3.8) is 0 Å². The zero-order chi connectivity index (χ0) is 20.0. The Balaban J connectivity index is 1.66. The summed E-state index contributed by atoms with van der Waals surface area (Å²) < 4.78 is 0. The maximum Gasteiger partial charge on any atom is 0.0434 e. The minimum absolute atomic E-state index is 0.659. The highest BCUT2D eigenvalue weighted by Crippen LogP contribution is 2.37. The lowest BCUT2D eigenvalue weighted by atomic mass is 9.78. The van der Waals surface area contributed by atoms with Crippen LogP contribution in [-0.4, -0.2) is 4.98 Å². The van der Waals surface area contributed by atoms with E-state index in [0.717, 1.165) is 11.8 Å². The number of nitrogens with zero attached hydrogens (tertiary/aromatic N) is 1. The second-order valence-corrected chi connectivity index (χ2v) is 9.54. The second kappa shape index (κ2) is 14.2. The van der Waals surface area contributed by atoms with Gasteiger partial charge in [0.1, 0.15) is 0 Å². The van der Waals surface area contributed by atoms with Crippen molar-refractivity contribution in [1.82, 2.24) is 4.98 Å². The number of hydrogen-bond acceptors (Lipinski definition) is 1. The molecule has 1 heteroatoms. The highest BCUT2D eigenvalue weighted by Gasteiger charge is 2.23. The van der Waals surface area contributed by atoms with Crippen molar-refractivity contribution < 1.29 is 0 Å². The summed E-state index contributed by atoms with van der Waals surface area (Å²) in [6.45, 7) is 6.97. The topological polar surface area (TPSA) is 12.9 Å². The van der Waals surface area contributed by atoms with E-state index in [0.29, 0.717) is 5.92 Å². The summed E-state index contributed by atoms with van der Waals surface area (Å²) in [6.07, 6.45) is 24.6. The van der Waals surface area contributed by atoms with Gasteiger partial charge in [0.2, 0.25) is 0 Å². The Labute approximate surface area is 176 Å². The minimum atomic E-state index is 0.659. The fourth-order valence-corrected chi connectivity index (χ4v) is 4.95. The van der Waals surface area contributed by atoms with Gasteiger partial charge in [0.25, 0.3) is 0 Å². The molecule has 0 spiro atoms. The van der Waals surface area contributed by atoms with Gasteiger partial charge < -0.3 is 0 Å². The van der Waals surface area contributed by atoms with Crippen LogP contribution >= 0.6 is 0 Å². The van der Waals surface area contributed by atoms with E-state index in [1.807, 2.05) is 0 Å². The molecule has 0 N–H and O–H groups in total. The first-order valence-corrected chi connectivity index (χ1v) is 12.7. The lowest BCUT2D eigenvalue weighted by Crippen LogP contribution is -2.14. The number of rotatable bonds is 14. The van der Waals surface area contributed by atoms with Crippen molar-refractivity contribution in [2.45, 2.75) is 135 Å². The Hall–Kier alpha value is -0.850. The molecule has 1 aliphatic carbocycles. The Morgan fingerprint density at radius 3 is 2.07 bits per heavy atom. The maximum atomic E-state index is 4.90. The fourth-order valence-electron chi connectivity index (χ4n) is 4.95. The van der Waals surface area contributed by atoms with Gasteiger partial charge in [0.15, 0.2) is 0 Å². The van der Waals surface area contributed by atoms with Crippen molar-refractivity contribution in [3.05, 3.63) is 29.6 Å². The van der Waals surface area contributed by atoms with E-state index in [1.165, 1.54) is 114 Å². The van der Waals surface area contributed by atoms with Gasteiger partial charge in [-0.1, -0.05) is 97.5 Å². The van der Waals surface area contributed by atoms with E-state index in [9.17, 15) is 0 Å². The lowest BCUT2D eigenvalue weighted by Gasteiger charge is -2.28. The van der Waals surface area contributed by atoms with Gasteiger partial charge in [-0.25, -0.2) is 0 Å². The van der Waals surface area contributed by atoms with E-state index in [1.54, 1.807) is 0 Å². The van der Waals surface area contributed by atoms with Gasteiger partial charge >= 0.3 is 0 Å². The van der Waals surface area contributed by atoms with Crippen molar-refractivity contribution in [2.75, 3.05) is 0 Å². The molecule has 0 radical (unpaired) electrons. The largest absolute Gasteiger partial charge is 0.261 e. The molecule has 1 fully saturated rings. The molecular weight excluding hydrogens is 338 g/mol. The summed E-state index contributed by atoms with van der Waals surface area (Å²) in [7, 11) is 0. The number of pyridine rings is 1. The van der Waals surface area contributed by atoms with Crippen LogP contribution in [0.5, 0.6) is 0 Å². The Morgan fingerprint density at radius 2 is 1.46 bits per heavy atom. The fraction of sp³-hybridized carbons (Fsp3) is 0.815. The molecule has 0 amide bonds. The summed E-state index contributed by atoms with van der Waals surface area (Å²) in [5.74, 6) is 2.37. The number of aromatic nitrogens is 1. The van der Waals surface area contributed by atoms with Crippen LogP contribution in [0.1, 0.15) is 147 Å². The monoisotopic (exact) mass is 385 g/mol. The smallest absolute Gasteiger partial charge is 0.0434 e. The zero-order valence-corrected chi connectivity index (χ0v) is 19.2. The average Bonchev–Trinajstić information content (AvgIpc) is 2.74. The molecule has 1 aromatic heterocycles. The van der Waals surface area contributed by atoms with Crippen molar-refractivity contribution >= 4 is 0 Å². The quantitative estimate of drug-likeness (QED) is 0.291. The van der Waals surface area contributed by atoms with Crippen LogP contribution in [-0.2, 0) is 0 Å². The van der Waals surface area contributed by atoms with E-state index in [4.69, 9.17) is 4.98 Å². The van der Waals surface area contributed by atoms with Crippen molar-refractivity contribution in [3.8, 4) is 0 Å². The van der Waals surface area contributed by atoms with E-state index < -0.39 is 0 Å². The molecule has 160 valence electrons. The molecule has 1 aliphatic rings. The lowest BCUT2D eigenvalue weighted by molar-refractivity contribution is 0.299. The van der Waals surface area contributed by atoms with Crippen LogP contribution in [0.25, 0.3) is 0 Å². The third kappa shape index (κ3) is 8.66. The standard InChI is InChI=1S/C27H47N/c1-4-6-8-10-12-14-23(3)26-20-21-27(28-22-26)25-18-16-24(17-19-25)15-13-11-9-7-5-2/h20-25H,4-19H2,1-3H3/t23-,24?,25?/m0/s1. The molecular formula is C27H47N. The van der Waals surface area contributed by atoms with Crippen LogP contribution in [0.2, 0.25) is 0 Å². The van der Waals surface area contributed by atoms with Gasteiger partial charge in [-0.05, 0) is 55.6 Å². The molecule has 0 bridgehead atoms. The van der Waals surface area contributed by atoms with Crippen molar-refractivity contribution in [2.24, 2.45) is 5.92 Å². The van der Waals surface area contributed by atoms with E-state index in [-0.39, 0.29) is 0 Å². The highest BCUT2D eigenvalue weighted by molar-refractivity contribution is 5.20. The van der Waals surface area contributed by atoms with Crippen LogP contribution < -0.4 is 0 Å². The van der Waals surface area contributed by atoms with Gasteiger partial charge in [-0.15, -0.1) is 0 Å². The third-order valence-corrected chi connectivity index (χ3v) is 7.10. The average molecular weight is 386 g/mol. The Morgan fingerprint density at radius 1 is 0.821 bits per heavy atom. The number of hydrogen-bond donors (Lipinski definition) is 0. The van der Waals surface area contributed by atoms with E-state index >= 15 is 0 Å². The second-order valence-electron chi connectivity index (χ2n) is 9.54. The SMILES string of the molecule is CCCCCCCC1CCC(c2ccc([C@@H](C)CCCCCCC)cn2)CC1. The molecule has 2 rings (SSSR count). The van der Waals surface area contributed by atoms with Crippen LogP contribution in [0.4, 0.5) is 0 Å². The molecule has 28 heavy (non-hydrogen) atoms. The van der Waals surface area contributed by atoms with Crippen LogP contribution in [0, 0.1) is 5.92 Å². The van der Waals surface area contributed by atoms with Crippen molar-refractivity contribution in [1.29, 1.82) is 0 Å². The first-order valence-electron chi connectivity index (χ1n) is 12.7. The molecule has 0 aliphatic heterocycles. The van der Waals surface area contributed by atoms with Crippen LogP contribution in [0.15, 0.2) is 18.3 Å². The summed E-state index contributed by atoms with van der Waals surface area (Å²) in [5.41, 5.74) is 2.81. The predicted molar refractivity (Wildman–Crippen MR) is 124 cm³/mol. The van der Waals surface area contributed by atoms with Crippen LogP contribution in [0.3, 0.4) is 0 Å². The Kier molecular flexibility index (Phi) is 11.9. The highest BCUT2D eigenvalue weighted by atomic mass is 14.7. The molecule has 0 unspecified atom stereocenters. The Bertz CT molecular complexity index is 483. The van der Waals surface area contributed by atoms with Gasteiger partial charge in [-0.3, -0.25) is 4.98 Å². The molecule has 1 aromatic rings. The normalized spacial score (nSPS) is 21.0. The molecule has 1 atom stereocenters. The molecule has 0 saturated heterocycles. The predicted octanol–water partition coefficient (Wildman–Crippen LogP) is 9.18. The van der Waals surface area contributed by atoms with Gasteiger partial charge in [0, 0.05) is 17.8 Å². The molecule has 1 saturated carbocycles. The van der Waals surface area contributed by atoms with Gasteiger partial charge in [0.05, 0.1) is 0 Å². The first kappa shape index (κ1) is 23.4. The number of unbranched alkanes of at least 4 members (excludes halogenated alkanes) is 8. The third-order valence-electron chi connectivity index (χ3n) is 7.10. The van der Waals surface area contributed by atoms with Gasteiger partial charge in [-0.2, -0.15) is 0 Å². The minimum Gasteiger partial charge on any atom is -0.261 e. The zero-order valence-electron chi connectivity index (χ0n) is 19.2. The molecule has 1 heterocycles.